The Labute approximate surface area is 168 Å². The van der Waals surface area contributed by atoms with Gasteiger partial charge in [-0.15, -0.1) is 0 Å². The number of imidazole rings is 2. The maximum absolute atomic E-state index is 13.3. The van der Waals surface area contributed by atoms with Gasteiger partial charge in [-0.1, -0.05) is 49.4 Å². The van der Waals surface area contributed by atoms with Crippen LogP contribution in [-0.4, -0.2) is 23.1 Å². The average molecular weight is 391 g/mol. The minimum Gasteiger partial charge on any atom is -0.314 e. The van der Waals surface area contributed by atoms with E-state index in [0.717, 1.165) is 29.9 Å². The van der Waals surface area contributed by atoms with Crippen LogP contribution in [0.2, 0.25) is 0 Å². The van der Waals surface area contributed by atoms with Crippen molar-refractivity contribution in [2.24, 2.45) is 7.05 Å². The van der Waals surface area contributed by atoms with E-state index in [0.29, 0.717) is 16.9 Å². The van der Waals surface area contributed by atoms with Gasteiger partial charge in [0.15, 0.2) is 11.2 Å². The smallest absolute Gasteiger partial charge is 0.314 e. The molecule has 0 saturated heterocycles. The Morgan fingerprint density at radius 1 is 1.03 bits per heavy atom. The van der Waals surface area contributed by atoms with Gasteiger partial charge in [0.1, 0.15) is 0 Å². The third kappa shape index (κ3) is 2.93. The van der Waals surface area contributed by atoms with Gasteiger partial charge in [-0.05, 0) is 25.8 Å². The number of aromatic nitrogens is 5. The molecule has 4 aromatic rings. The van der Waals surface area contributed by atoms with Crippen molar-refractivity contribution in [3.63, 3.8) is 0 Å². The summed E-state index contributed by atoms with van der Waals surface area (Å²) in [6, 6.07) is 9.80. The van der Waals surface area contributed by atoms with Crippen LogP contribution in [0.15, 0.2) is 46.0 Å². The van der Waals surface area contributed by atoms with Crippen molar-refractivity contribution in [3.8, 4) is 0 Å². The van der Waals surface area contributed by atoms with E-state index < -0.39 is 0 Å². The van der Waals surface area contributed by atoms with E-state index in [4.69, 9.17) is 0 Å². The number of rotatable bonds is 5. The molecule has 3 aromatic heterocycles. The zero-order valence-electron chi connectivity index (χ0n) is 17.2. The molecule has 0 aliphatic heterocycles. The molecule has 0 unspecified atom stereocenters. The molecule has 0 bridgehead atoms. The minimum absolute atomic E-state index is 0.206. The monoisotopic (exact) mass is 391 g/mol. The number of allylic oxidation sites excluding steroid dienone is 1. The Morgan fingerprint density at radius 2 is 1.76 bits per heavy atom. The summed E-state index contributed by atoms with van der Waals surface area (Å²) in [5.74, 6) is 0.710. The Hall–Kier alpha value is -3.35. The molecule has 0 N–H and O–H groups in total. The van der Waals surface area contributed by atoms with E-state index in [2.05, 4.69) is 16.5 Å². The molecule has 0 fully saturated rings. The fraction of sp³-hybridized carbons (Fsp3) is 0.318. The first-order valence-corrected chi connectivity index (χ1v) is 9.85. The first-order valence-electron chi connectivity index (χ1n) is 9.85. The summed E-state index contributed by atoms with van der Waals surface area (Å²) < 4.78 is 6.73. The largest absolute Gasteiger partial charge is 0.332 e. The van der Waals surface area contributed by atoms with Gasteiger partial charge in [-0.3, -0.25) is 18.3 Å². The molecular formula is C22H25N5O2. The molecule has 0 aliphatic rings. The molecule has 0 atom stereocenters. The fourth-order valence-corrected chi connectivity index (χ4v) is 3.83. The highest BCUT2D eigenvalue weighted by molar-refractivity contribution is 5.76. The van der Waals surface area contributed by atoms with Crippen molar-refractivity contribution in [2.75, 3.05) is 0 Å². The number of hydrogen-bond donors (Lipinski definition) is 0. The van der Waals surface area contributed by atoms with Crippen molar-refractivity contribution >= 4 is 23.0 Å². The first-order chi connectivity index (χ1) is 14.0. The van der Waals surface area contributed by atoms with Crippen molar-refractivity contribution in [1.82, 2.24) is 23.1 Å². The van der Waals surface area contributed by atoms with E-state index >= 15 is 0 Å². The predicted octanol–water partition coefficient (Wildman–Crippen LogP) is 2.89. The van der Waals surface area contributed by atoms with Gasteiger partial charge in [-0.25, -0.2) is 4.79 Å². The summed E-state index contributed by atoms with van der Waals surface area (Å²) in [5.41, 5.74) is 3.27. The molecule has 7 nitrogen and oxygen atoms in total. The molecule has 0 saturated carbocycles. The van der Waals surface area contributed by atoms with Crippen LogP contribution in [0.25, 0.3) is 23.0 Å². The van der Waals surface area contributed by atoms with Crippen molar-refractivity contribution in [3.05, 3.63) is 74.2 Å². The lowest BCUT2D eigenvalue weighted by molar-refractivity contribution is 0.665. The predicted molar refractivity (Wildman–Crippen MR) is 115 cm³/mol. The molecule has 7 heteroatoms. The highest BCUT2D eigenvalue weighted by atomic mass is 16.2. The van der Waals surface area contributed by atoms with Crippen LogP contribution in [0.1, 0.15) is 30.3 Å². The topological polar surface area (TPSA) is 66.2 Å². The molecule has 0 spiro atoms. The zero-order valence-corrected chi connectivity index (χ0v) is 17.2. The van der Waals surface area contributed by atoms with Crippen LogP contribution < -0.4 is 11.2 Å². The van der Waals surface area contributed by atoms with Crippen LogP contribution in [0.4, 0.5) is 0 Å². The second-order valence-electron chi connectivity index (χ2n) is 7.31. The zero-order chi connectivity index (χ0) is 20.7. The van der Waals surface area contributed by atoms with Gasteiger partial charge in [0, 0.05) is 31.5 Å². The lowest BCUT2D eigenvalue weighted by Crippen LogP contribution is -2.39. The Bertz CT molecular complexity index is 1350. The van der Waals surface area contributed by atoms with Crippen LogP contribution in [-0.2, 0) is 20.1 Å². The lowest BCUT2D eigenvalue weighted by atomic mass is 10.2. The van der Waals surface area contributed by atoms with Crippen LogP contribution in [0.5, 0.6) is 0 Å². The highest BCUT2D eigenvalue weighted by Gasteiger charge is 2.21. The van der Waals surface area contributed by atoms with Gasteiger partial charge in [-0.2, -0.15) is 4.98 Å². The first kappa shape index (κ1) is 19.0. The van der Waals surface area contributed by atoms with Crippen LogP contribution >= 0.6 is 0 Å². The minimum atomic E-state index is -0.364. The van der Waals surface area contributed by atoms with E-state index in [-0.39, 0.29) is 17.8 Å². The highest BCUT2D eigenvalue weighted by Crippen LogP contribution is 2.20. The summed E-state index contributed by atoms with van der Waals surface area (Å²) >= 11 is 0. The normalized spacial score (nSPS) is 12.0. The van der Waals surface area contributed by atoms with Crippen molar-refractivity contribution < 1.29 is 0 Å². The SMILES string of the molecule is CCCn1c(C)c(C)n2c3c(=O)n(C/C=C\c4ccccc4)c(=O)n(C)c3nc12. The second kappa shape index (κ2) is 7.24. The number of aryl methyl sites for hydroxylation is 3. The molecule has 29 heavy (non-hydrogen) atoms. The van der Waals surface area contributed by atoms with Gasteiger partial charge < -0.3 is 4.57 Å². The van der Waals surface area contributed by atoms with Gasteiger partial charge >= 0.3 is 5.69 Å². The Morgan fingerprint density at radius 3 is 2.45 bits per heavy atom. The number of fused-ring (bicyclic) bond motifs is 3. The van der Waals surface area contributed by atoms with Crippen molar-refractivity contribution in [2.45, 2.75) is 40.3 Å². The molecule has 150 valence electrons. The molecule has 0 aliphatic carbocycles. The maximum atomic E-state index is 13.3. The van der Waals surface area contributed by atoms with Crippen molar-refractivity contribution in [1.29, 1.82) is 0 Å². The summed E-state index contributed by atoms with van der Waals surface area (Å²) in [4.78, 5) is 30.8. The third-order valence-corrected chi connectivity index (χ3v) is 5.47. The Kier molecular flexibility index (Phi) is 4.74. The molecule has 0 radical (unpaired) electrons. The second-order valence-corrected chi connectivity index (χ2v) is 7.31. The Balaban J connectivity index is 1.92. The van der Waals surface area contributed by atoms with E-state index in [1.54, 1.807) is 7.05 Å². The van der Waals surface area contributed by atoms with Gasteiger partial charge in [0.05, 0.1) is 0 Å². The quantitative estimate of drug-likeness (QED) is 0.525. The maximum Gasteiger partial charge on any atom is 0.332 e. The molecule has 0 amide bonds. The lowest BCUT2D eigenvalue weighted by Gasteiger charge is -2.06. The van der Waals surface area contributed by atoms with Crippen LogP contribution in [0, 0.1) is 13.8 Å². The number of hydrogen-bond acceptors (Lipinski definition) is 3. The fourth-order valence-electron chi connectivity index (χ4n) is 3.83. The summed E-state index contributed by atoms with van der Waals surface area (Å²) in [7, 11) is 1.67. The number of benzene rings is 1. The van der Waals surface area contributed by atoms with E-state index in [1.165, 1.54) is 9.13 Å². The average Bonchev–Trinajstić information content (AvgIpc) is 3.22. The molecule has 1 aromatic carbocycles. The molecular weight excluding hydrogens is 366 g/mol. The standard InChI is InChI=1S/C22H25N5O2/c1-5-13-25-15(2)16(3)27-18-19(23-21(25)27)24(4)22(29)26(20(18)28)14-9-12-17-10-7-6-8-11-17/h6-12H,5,13-14H2,1-4H3/b12-9-. The summed E-state index contributed by atoms with van der Waals surface area (Å²) in [5, 5.41) is 0. The van der Waals surface area contributed by atoms with Gasteiger partial charge in [0.2, 0.25) is 5.78 Å². The van der Waals surface area contributed by atoms with E-state index in [1.807, 2.05) is 60.7 Å². The molecule has 4 rings (SSSR count). The van der Waals surface area contributed by atoms with Crippen LogP contribution in [0.3, 0.4) is 0 Å². The van der Waals surface area contributed by atoms with Gasteiger partial charge in [0.25, 0.3) is 5.56 Å². The van der Waals surface area contributed by atoms with E-state index in [9.17, 15) is 9.59 Å². The number of nitrogens with zero attached hydrogens (tertiary/aromatic N) is 5. The summed E-state index contributed by atoms with van der Waals surface area (Å²) in [6.07, 6.45) is 4.71. The molecule has 3 heterocycles. The summed E-state index contributed by atoms with van der Waals surface area (Å²) in [6.45, 7) is 7.15. The third-order valence-electron chi connectivity index (χ3n) is 5.47.